The van der Waals surface area contributed by atoms with Crippen molar-refractivity contribution in [2.24, 2.45) is 0 Å². The number of carbonyl (C=O) groups excluding carboxylic acids is 2. The average Bonchev–Trinajstić information content (AvgIpc) is 2.95. The second kappa shape index (κ2) is 8.41. The van der Waals surface area contributed by atoms with Crippen molar-refractivity contribution in [1.82, 2.24) is 10.4 Å². The summed E-state index contributed by atoms with van der Waals surface area (Å²) in [6.45, 7) is 0. The number of nitro groups is 1. The summed E-state index contributed by atoms with van der Waals surface area (Å²) in [7, 11) is 3.86. The first-order valence-corrected chi connectivity index (χ1v) is 9.60. The van der Waals surface area contributed by atoms with Crippen molar-refractivity contribution in [2.75, 3.05) is 19.0 Å². The zero-order valence-electron chi connectivity index (χ0n) is 15.5. The zero-order valence-corrected chi connectivity index (χ0v) is 17.1. The molecule has 1 fully saturated rings. The van der Waals surface area contributed by atoms with E-state index < -0.39 is 16.7 Å². The number of hydrogen-bond acceptors (Lipinski definition) is 7. The molecule has 2 aromatic carbocycles. The van der Waals surface area contributed by atoms with Crippen LogP contribution in [0.2, 0.25) is 0 Å². The number of thioether (sulfide) groups is 1. The van der Waals surface area contributed by atoms with E-state index in [1.807, 2.05) is 43.3 Å². The number of hydrazine groups is 1. The Morgan fingerprint density at radius 1 is 1.21 bits per heavy atom. The summed E-state index contributed by atoms with van der Waals surface area (Å²) >= 11 is 6.24. The van der Waals surface area contributed by atoms with Gasteiger partial charge in [-0.15, -0.1) is 0 Å². The van der Waals surface area contributed by atoms with Crippen LogP contribution >= 0.6 is 24.0 Å². The monoisotopic (exact) mass is 428 g/mol. The number of amides is 2. The minimum absolute atomic E-state index is 0.137. The Morgan fingerprint density at radius 3 is 2.48 bits per heavy atom. The molecule has 0 radical (unpaired) electrons. The molecule has 1 aliphatic rings. The standard InChI is InChI=1S/C19H16N4O4S2/c1-21(2)13-9-7-12(8-10-13)11-16-18(25)22(19(28)29-16)20-17(24)14-5-3-4-6-15(14)23(26)27/h3-11H,1-2H3,(H,20,24). The second-order valence-corrected chi connectivity index (χ2v) is 7.89. The van der Waals surface area contributed by atoms with Crippen molar-refractivity contribution in [2.45, 2.75) is 0 Å². The van der Waals surface area contributed by atoms with Gasteiger partial charge in [0.25, 0.3) is 17.5 Å². The van der Waals surface area contributed by atoms with Gasteiger partial charge in [-0.05, 0) is 42.1 Å². The van der Waals surface area contributed by atoms with Gasteiger partial charge >= 0.3 is 0 Å². The van der Waals surface area contributed by atoms with Crippen molar-refractivity contribution in [1.29, 1.82) is 0 Å². The van der Waals surface area contributed by atoms with Crippen LogP contribution in [0.1, 0.15) is 15.9 Å². The van der Waals surface area contributed by atoms with Gasteiger partial charge in [0.2, 0.25) is 0 Å². The molecule has 2 aromatic rings. The molecule has 0 atom stereocenters. The van der Waals surface area contributed by atoms with Crippen LogP contribution in [-0.4, -0.2) is 40.2 Å². The van der Waals surface area contributed by atoms with E-state index >= 15 is 0 Å². The number of hydrogen-bond donors (Lipinski definition) is 1. The van der Waals surface area contributed by atoms with Gasteiger partial charge in [0.15, 0.2) is 4.32 Å². The summed E-state index contributed by atoms with van der Waals surface area (Å²) in [5.74, 6) is -1.28. The largest absolute Gasteiger partial charge is 0.378 e. The van der Waals surface area contributed by atoms with E-state index in [1.54, 1.807) is 6.08 Å². The summed E-state index contributed by atoms with van der Waals surface area (Å²) in [6, 6.07) is 13.1. The molecule has 1 aliphatic heterocycles. The molecule has 0 unspecified atom stereocenters. The molecule has 29 heavy (non-hydrogen) atoms. The molecule has 0 bridgehead atoms. The molecule has 0 aromatic heterocycles. The number of carbonyl (C=O) groups is 2. The van der Waals surface area contributed by atoms with Crippen molar-refractivity contribution in [3.63, 3.8) is 0 Å². The predicted molar refractivity (Wildman–Crippen MR) is 116 cm³/mol. The molecule has 1 saturated heterocycles. The van der Waals surface area contributed by atoms with E-state index in [0.717, 1.165) is 28.0 Å². The van der Waals surface area contributed by atoms with Gasteiger partial charge in [-0.3, -0.25) is 25.1 Å². The molecular weight excluding hydrogens is 412 g/mol. The van der Waals surface area contributed by atoms with E-state index in [9.17, 15) is 19.7 Å². The van der Waals surface area contributed by atoms with Crippen LogP contribution in [0.4, 0.5) is 11.4 Å². The lowest BCUT2D eigenvalue weighted by Crippen LogP contribution is -2.45. The fourth-order valence-electron chi connectivity index (χ4n) is 2.57. The van der Waals surface area contributed by atoms with Crippen LogP contribution in [0.25, 0.3) is 6.08 Å². The van der Waals surface area contributed by atoms with Crippen molar-refractivity contribution >= 4 is 57.6 Å². The first-order chi connectivity index (χ1) is 13.8. The third kappa shape index (κ3) is 4.44. The molecule has 148 valence electrons. The third-order valence-corrected chi connectivity index (χ3v) is 5.36. The minimum atomic E-state index is -0.787. The highest BCUT2D eigenvalue weighted by Crippen LogP contribution is 2.32. The summed E-state index contributed by atoms with van der Waals surface area (Å²) in [5, 5.41) is 12.0. The van der Waals surface area contributed by atoms with Gasteiger partial charge in [0, 0.05) is 25.8 Å². The molecule has 8 nitrogen and oxygen atoms in total. The summed E-state index contributed by atoms with van der Waals surface area (Å²) in [4.78, 5) is 37.9. The molecule has 2 amide bonds. The molecule has 1 N–H and O–H groups in total. The van der Waals surface area contributed by atoms with Gasteiger partial charge < -0.3 is 4.90 Å². The Morgan fingerprint density at radius 2 is 1.86 bits per heavy atom. The van der Waals surface area contributed by atoms with Crippen LogP contribution < -0.4 is 10.3 Å². The molecular formula is C19H16N4O4S2. The SMILES string of the molecule is CN(C)c1ccc(C=C2SC(=S)N(NC(=O)c3ccccc3[N+](=O)[O-])C2=O)cc1. The quantitative estimate of drug-likeness (QED) is 0.338. The van der Waals surface area contributed by atoms with Gasteiger partial charge in [-0.25, -0.2) is 0 Å². The van der Waals surface area contributed by atoms with Gasteiger partial charge in [-0.1, -0.05) is 36.0 Å². The maximum atomic E-state index is 12.7. The highest BCUT2D eigenvalue weighted by molar-refractivity contribution is 8.26. The van der Waals surface area contributed by atoms with Crippen LogP contribution in [-0.2, 0) is 4.79 Å². The summed E-state index contributed by atoms with van der Waals surface area (Å²) in [5.41, 5.74) is 3.67. The van der Waals surface area contributed by atoms with Crippen molar-refractivity contribution in [3.8, 4) is 0 Å². The Hall–Kier alpha value is -3.24. The van der Waals surface area contributed by atoms with Crippen molar-refractivity contribution < 1.29 is 14.5 Å². The van der Waals surface area contributed by atoms with E-state index in [0.29, 0.717) is 4.91 Å². The molecule has 0 saturated carbocycles. The van der Waals surface area contributed by atoms with Crippen molar-refractivity contribution in [3.05, 3.63) is 74.7 Å². The Balaban J connectivity index is 1.79. The number of thiocarbonyl (C=S) groups is 1. The van der Waals surface area contributed by atoms with Gasteiger partial charge in [0.05, 0.1) is 9.83 Å². The summed E-state index contributed by atoms with van der Waals surface area (Å²) in [6.07, 6.45) is 1.68. The smallest absolute Gasteiger partial charge is 0.285 e. The number of benzene rings is 2. The van der Waals surface area contributed by atoms with Crippen LogP contribution in [0.5, 0.6) is 0 Å². The summed E-state index contributed by atoms with van der Waals surface area (Å²) < 4.78 is 0.137. The first kappa shape index (κ1) is 20.5. The predicted octanol–water partition coefficient (Wildman–Crippen LogP) is 3.21. The van der Waals surface area contributed by atoms with E-state index in [1.165, 1.54) is 24.3 Å². The molecule has 1 heterocycles. The van der Waals surface area contributed by atoms with E-state index in [-0.39, 0.29) is 15.6 Å². The number of nitrogens with zero attached hydrogens (tertiary/aromatic N) is 3. The molecule has 0 spiro atoms. The molecule has 10 heteroatoms. The lowest BCUT2D eigenvalue weighted by atomic mass is 10.1. The Kier molecular flexibility index (Phi) is 5.95. The lowest BCUT2D eigenvalue weighted by Gasteiger charge is -2.15. The molecule has 3 rings (SSSR count). The Labute approximate surface area is 176 Å². The number of nitrogens with one attached hydrogen (secondary N) is 1. The average molecular weight is 428 g/mol. The maximum absolute atomic E-state index is 12.7. The second-order valence-electron chi connectivity index (χ2n) is 6.22. The van der Waals surface area contributed by atoms with Crippen LogP contribution in [0.3, 0.4) is 0 Å². The van der Waals surface area contributed by atoms with Gasteiger partial charge in [0.1, 0.15) is 5.56 Å². The first-order valence-electron chi connectivity index (χ1n) is 8.37. The zero-order chi connectivity index (χ0) is 21.1. The van der Waals surface area contributed by atoms with Gasteiger partial charge in [-0.2, -0.15) is 5.01 Å². The van der Waals surface area contributed by atoms with Crippen LogP contribution in [0.15, 0.2) is 53.4 Å². The maximum Gasteiger partial charge on any atom is 0.285 e. The normalized spacial score (nSPS) is 15.0. The third-order valence-electron chi connectivity index (χ3n) is 4.06. The molecule has 0 aliphatic carbocycles. The number of anilines is 1. The number of nitro benzene ring substituents is 1. The number of rotatable bonds is 5. The lowest BCUT2D eigenvalue weighted by molar-refractivity contribution is -0.385. The Bertz CT molecular complexity index is 1030. The fraction of sp³-hybridized carbons (Fsp3) is 0.105. The highest BCUT2D eigenvalue weighted by Gasteiger charge is 2.34. The number of para-hydroxylation sites is 1. The highest BCUT2D eigenvalue weighted by atomic mass is 32.2. The van der Waals surface area contributed by atoms with E-state index in [4.69, 9.17) is 12.2 Å². The minimum Gasteiger partial charge on any atom is -0.378 e. The fourth-order valence-corrected chi connectivity index (χ4v) is 3.75. The topological polar surface area (TPSA) is 95.8 Å². The van der Waals surface area contributed by atoms with E-state index in [2.05, 4.69) is 5.43 Å². The van der Waals surface area contributed by atoms with Crippen LogP contribution in [0, 0.1) is 10.1 Å².